The van der Waals surface area contributed by atoms with Crippen molar-refractivity contribution in [1.29, 1.82) is 0 Å². The highest BCUT2D eigenvalue weighted by Crippen LogP contribution is 2.32. The zero-order valence-corrected chi connectivity index (χ0v) is 13.5. The summed E-state index contributed by atoms with van der Waals surface area (Å²) in [6.45, 7) is 2.41. The van der Waals surface area contributed by atoms with Gasteiger partial charge < -0.3 is 15.4 Å². The Morgan fingerprint density at radius 1 is 1.20 bits per heavy atom. The van der Waals surface area contributed by atoms with Crippen LogP contribution in [0, 0.1) is 11.6 Å². The van der Waals surface area contributed by atoms with Gasteiger partial charge in [0.15, 0.2) is 11.6 Å². The summed E-state index contributed by atoms with van der Waals surface area (Å²) in [5.74, 6) is -0.992. The third-order valence-electron chi connectivity index (χ3n) is 4.77. The summed E-state index contributed by atoms with van der Waals surface area (Å²) < 4.78 is 33.3. The molecule has 0 unspecified atom stereocenters. The van der Waals surface area contributed by atoms with Gasteiger partial charge in [-0.15, -0.1) is 0 Å². The summed E-state index contributed by atoms with van der Waals surface area (Å²) in [4.78, 5) is 16.2. The van der Waals surface area contributed by atoms with E-state index in [2.05, 4.69) is 15.6 Å². The van der Waals surface area contributed by atoms with Crippen molar-refractivity contribution < 1.29 is 13.5 Å². The topological polar surface area (TPSA) is 68.2 Å². The van der Waals surface area contributed by atoms with Crippen molar-refractivity contribution in [2.75, 3.05) is 18.4 Å². The van der Waals surface area contributed by atoms with Crippen molar-refractivity contribution in [2.45, 2.75) is 31.5 Å². The predicted molar refractivity (Wildman–Crippen MR) is 87.6 cm³/mol. The zero-order valence-electron chi connectivity index (χ0n) is 13.5. The second-order valence-electron chi connectivity index (χ2n) is 6.54. The van der Waals surface area contributed by atoms with Gasteiger partial charge in [-0.2, -0.15) is 4.98 Å². The molecule has 1 spiro atoms. The molecule has 4 rings (SSSR count). The number of halogens is 2. The highest BCUT2D eigenvalue weighted by Gasteiger charge is 2.38. The number of anilines is 1. The van der Waals surface area contributed by atoms with Crippen molar-refractivity contribution in [3.05, 3.63) is 51.9 Å². The molecule has 0 amide bonds. The molecular weight excluding hydrogens is 330 g/mol. The minimum atomic E-state index is -0.933. The van der Waals surface area contributed by atoms with Crippen LogP contribution in [0.2, 0.25) is 0 Å². The van der Waals surface area contributed by atoms with Crippen LogP contribution in [-0.2, 0) is 13.2 Å². The van der Waals surface area contributed by atoms with E-state index in [9.17, 15) is 13.6 Å². The average Bonchev–Trinajstić information content (AvgIpc) is 2.95. The van der Waals surface area contributed by atoms with Crippen molar-refractivity contribution >= 4 is 5.82 Å². The number of benzene rings is 1. The molecule has 3 heterocycles. The molecule has 6 nitrogen and oxygen atoms in total. The molecule has 2 aliphatic rings. The van der Waals surface area contributed by atoms with Crippen molar-refractivity contribution in [3.63, 3.8) is 0 Å². The van der Waals surface area contributed by atoms with Gasteiger partial charge in [-0.05, 0) is 43.6 Å². The fourth-order valence-electron chi connectivity index (χ4n) is 3.40. The van der Waals surface area contributed by atoms with E-state index in [1.54, 1.807) is 10.6 Å². The predicted octanol–water partition coefficient (Wildman–Crippen LogP) is 1.65. The average molecular weight is 348 g/mol. The molecule has 1 aromatic heterocycles. The van der Waals surface area contributed by atoms with Crippen LogP contribution in [0.4, 0.5) is 14.6 Å². The molecule has 1 aromatic carbocycles. The van der Waals surface area contributed by atoms with E-state index >= 15 is 0 Å². The molecule has 8 heteroatoms. The lowest BCUT2D eigenvalue weighted by atomic mass is 9.89. The standard InChI is InChI=1S/C17H18F2N4O2/c18-12-2-1-11(7-13(12)19)9-25-15-8-14-22-17(3-5-20-6-4-17)10-23(14)16(24)21-15/h1-2,7-8,20,22H,3-6,9-10H2. The number of rotatable bonds is 3. The SMILES string of the molecule is O=c1nc(OCc2ccc(F)c(F)c2)cc2n1CC1(CCNCC1)N2. The number of fused-ring (bicyclic) bond motifs is 1. The molecule has 132 valence electrons. The monoisotopic (exact) mass is 348 g/mol. The first-order chi connectivity index (χ1) is 12.0. The minimum absolute atomic E-state index is 0.00214. The highest BCUT2D eigenvalue weighted by atomic mass is 19.2. The fraction of sp³-hybridized carbons (Fsp3) is 0.412. The summed E-state index contributed by atoms with van der Waals surface area (Å²) in [6, 6.07) is 5.22. The van der Waals surface area contributed by atoms with Crippen LogP contribution < -0.4 is 21.1 Å². The first kappa shape index (κ1) is 16.0. The van der Waals surface area contributed by atoms with E-state index in [1.807, 2.05) is 0 Å². The van der Waals surface area contributed by atoms with Gasteiger partial charge in [-0.3, -0.25) is 4.57 Å². The van der Waals surface area contributed by atoms with Crippen LogP contribution in [0.15, 0.2) is 29.1 Å². The summed E-state index contributed by atoms with van der Waals surface area (Å²) in [5, 5.41) is 6.75. The number of nitrogens with one attached hydrogen (secondary N) is 2. The minimum Gasteiger partial charge on any atom is -0.473 e. The van der Waals surface area contributed by atoms with Crippen LogP contribution in [0.3, 0.4) is 0 Å². The molecule has 25 heavy (non-hydrogen) atoms. The van der Waals surface area contributed by atoms with Crippen LogP contribution in [0.25, 0.3) is 0 Å². The van der Waals surface area contributed by atoms with E-state index in [1.165, 1.54) is 6.07 Å². The number of hydrogen-bond acceptors (Lipinski definition) is 5. The van der Waals surface area contributed by atoms with Crippen molar-refractivity contribution in [3.8, 4) is 5.88 Å². The fourth-order valence-corrected chi connectivity index (χ4v) is 3.40. The Bertz CT molecular complexity index is 862. The van der Waals surface area contributed by atoms with E-state index in [-0.39, 0.29) is 23.7 Å². The van der Waals surface area contributed by atoms with Gasteiger partial charge in [0.25, 0.3) is 0 Å². The number of aromatic nitrogens is 2. The summed E-state index contributed by atoms with van der Waals surface area (Å²) in [6.07, 6.45) is 1.86. The van der Waals surface area contributed by atoms with Gasteiger partial charge in [0, 0.05) is 6.07 Å². The van der Waals surface area contributed by atoms with Gasteiger partial charge in [0.2, 0.25) is 5.88 Å². The van der Waals surface area contributed by atoms with Gasteiger partial charge in [0.05, 0.1) is 12.1 Å². The third-order valence-corrected chi connectivity index (χ3v) is 4.77. The maximum absolute atomic E-state index is 13.2. The molecule has 2 aliphatic heterocycles. The van der Waals surface area contributed by atoms with E-state index in [0.717, 1.165) is 38.1 Å². The molecular formula is C17H18F2N4O2. The van der Waals surface area contributed by atoms with E-state index in [0.29, 0.717) is 17.9 Å². The molecule has 0 atom stereocenters. The quantitative estimate of drug-likeness (QED) is 0.883. The van der Waals surface area contributed by atoms with Gasteiger partial charge >= 0.3 is 5.69 Å². The second kappa shape index (κ2) is 6.11. The van der Waals surface area contributed by atoms with Crippen LogP contribution in [0.5, 0.6) is 5.88 Å². The van der Waals surface area contributed by atoms with Gasteiger partial charge in [-0.25, -0.2) is 13.6 Å². The Morgan fingerprint density at radius 3 is 2.76 bits per heavy atom. The Kier molecular flexibility index (Phi) is 3.91. The third kappa shape index (κ3) is 3.09. The van der Waals surface area contributed by atoms with Crippen molar-refractivity contribution in [2.24, 2.45) is 0 Å². The molecule has 0 aliphatic carbocycles. The summed E-state index contributed by atoms with van der Waals surface area (Å²) in [5.41, 5.74) is -0.0255. The van der Waals surface area contributed by atoms with Crippen LogP contribution in [0.1, 0.15) is 18.4 Å². The normalized spacial score (nSPS) is 18.0. The molecule has 0 radical (unpaired) electrons. The highest BCUT2D eigenvalue weighted by molar-refractivity contribution is 5.46. The van der Waals surface area contributed by atoms with Crippen molar-refractivity contribution in [1.82, 2.24) is 14.9 Å². The molecule has 2 aromatic rings. The van der Waals surface area contributed by atoms with Gasteiger partial charge in [-0.1, -0.05) is 6.07 Å². The van der Waals surface area contributed by atoms with Gasteiger partial charge in [0.1, 0.15) is 12.4 Å². The van der Waals surface area contributed by atoms with E-state index in [4.69, 9.17) is 4.74 Å². The second-order valence-corrected chi connectivity index (χ2v) is 6.54. The molecule has 0 saturated carbocycles. The Labute approximate surface area is 142 Å². The number of nitrogens with zero attached hydrogens (tertiary/aromatic N) is 2. The number of hydrogen-bond donors (Lipinski definition) is 2. The first-order valence-corrected chi connectivity index (χ1v) is 8.22. The molecule has 2 N–H and O–H groups in total. The van der Waals surface area contributed by atoms with E-state index < -0.39 is 11.6 Å². The summed E-state index contributed by atoms with van der Waals surface area (Å²) in [7, 11) is 0. The summed E-state index contributed by atoms with van der Waals surface area (Å²) >= 11 is 0. The number of piperidine rings is 1. The smallest absolute Gasteiger partial charge is 0.352 e. The van der Waals surface area contributed by atoms with Crippen LogP contribution in [-0.4, -0.2) is 28.2 Å². The number of ether oxygens (including phenoxy) is 1. The lowest BCUT2D eigenvalue weighted by molar-refractivity contribution is 0.289. The Morgan fingerprint density at radius 2 is 2.00 bits per heavy atom. The maximum atomic E-state index is 13.2. The maximum Gasteiger partial charge on any atom is 0.352 e. The lowest BCUT2D eigenvalue weighted by Gasteiger charge is -2.33. The molecule has 0 bridgehead atoms. The lowest BCUT2D eigenvalue weighted by Crippen LogP contribution is -2.47. The zero-order chi connectivity index (χ0) is 17.4. The first-order valence-electron chi connectivity index (χ1n) is 8.22. The van der Waals surface area contributed by atoms with Crippen LogP contribution >= 0.6 is 0 Å². The molecule has 1 fully saturated rings. The molecule has 1 saturated heterocycles. The Hall–Kier alpha value is -2.48. The Balaban J connectivity index is 1.51. The largest absolute Gasteiger partial charge is 0.473 e.